The van der Waals surface area contributed by atoms with Gasteiger partial charge in [-0.3, -0.25) is 9.59 Å². The highest BCUT2D eigenvalue weighted by Gasteiger charge is 2.39. The Morgan fingerprint density at radius 3 is 2.22 bits per heavy atom. The van der Waals surface area contributed by atoms with Crippen LogP contribution in [0.3, 0.4) is 0 Å². The lowest BCUT2D eigenvalue weighted by atomic mass is 10.1. The molecule has 1 aliphatic rings. The number of imide groups is 1. The molecular formula is C16H10ClNO4S. The van der Waals surface area contributed by atoms with Crippen LogP contribution >= 0.6 is 23.4 Å². The summed E-state index contributed by atoms with van der Waals surface area (Å²) in [7, 11) is 0. The van der Waals surface area contributed by atoms with E-state index in [1.165, 1.54) is 30.0 Å². The minimum Gasteiger partial charge on any atom is -0.324 e. The second-order valence-corrected chi connectivity index (χ2v) is 5.96. The van der Waals surface area contributed by atoms with Crippen LogP contribution in [-0.2, 0) is 4.84 Å². The summed E-state index contributed by atoms with van der Waals surface area (Å²) in [5.74, 6) is -2.20. The van der Waals surface area contributed by atoms with Crippen molar-refractivity contribution in [2.75, 3.05) is 6.26 Å². The average Bonchev–Trinajstić information content (AvgIpc) is 2.80. The van der Waals surface area contributed by atoms with Crippen molar-refractivity contribution in [3.05, 3.63) is 64.2 Å². The highest BCUT2D eigenvalue weighted by molar-refractivity contribution is 7.98. The van der Waals surface area contributed by atoms with Crippen LogP contribution in [0.4, 0.5) is 0 Å². The molecule has 0 aromatic heterocycles. The van der Waals surface area contributed by atoms with E-state index in [0.29, 0.717) is 5.06 Å². The van der Waals surface area contributed by atoms with E-state index in [2.05, 4.69) is 0 Å². The monoisotopic (exact) mass is 347 g/mol. The molecule has 0 N–H and O–H groups in total. The molecule has 2 aromatic carbocycles. The van der Waals surface area contributed by atoms with Crippen molar-refractivity contribution in [1.29, 1.82) is 0 Å². The lowest BCUT2D eigenvalue weighted by molar-refractivity contribution is -0.0584. The van der Waals surface area contributed by atoms with Gasteiger partial charge in [0.1, 0.15) is 0 Å². The average molecular weight is 348 g/mol. The summed E-state index contributed by atoms with van der Waals surface area (Å²) in [6.45, 7) is 0. The van der Waals surface area contributed by atoms with Gasteiger partial charge < -0.3 is 4.84 Å². The molecule has 0 bridgehead atoms. The third kappa shape index (κ3) is 2.71. The summed E-state index contributed by atoms with van der Waals surface area (Å²) >= 11 is 7.52. The van der Waals surface area contributed by atoms with Crippen molar-refractivity contribution in [2.45, 2.75) is 4.90 Å². The summed E-state index contributed by atoms with van der Waals surface area (Å²) in [6.07, 6.45) is 1.88. The molecule has 0 spiro atoms. The molecule has 2 amide bonds. The van der Waals surface area contributed by atoms with Crippen LogP contribution in [0.15, 0.2) is 47.4 Å². The molecule has 116 valence electrons. The summed E-state index contributed by atoms with van der Waals surface area (Å²) in [6, 6.07) is 11.1. The largest absolute Gasteiger partial charge is 0.365 e. The van der Waals surface area contributed by atoms with Crippen LogP contribution in [0.25, 0.3) is 0 Å². The Kier molecular flexibility index (Phi) is 4.11. The van der Waals surface area contributed by atoms with Gasteiger partial charge >= 0.3 is 5.97 Å². The first kappa shape index (κ1) is 15.6. The number of benzene rings is 2. The number of rotatable bonds is 3. The molecule has 5 nitrogen and oxygen atoms in total. The topological polar surface area (TPSA) is 63.7 Å². The van der Waals surface area contributed by atoms with Crippen molar-refractivity contribution >= 4 is 41.1 Å². The third-order valence-electron chi connectivity index (χ3n) is 3.33. The van der Waals surface area contributed by atoms with Gasteiger partial charge in [-0.2, -0.15) is 0 Å². The molecule has 3 rings (SSSR count). The SMILES string of the molecule is CSc1ccc(C(=O)ON2C(=O)c3ccccc3C2=O)c(Cl)c1. The highest BCUT2D eigenvalue weighted by atomic mass is 35.5. The second kappa shape index (κ2) is 6.06. The van der Waals surface area contributed by atoms with Crippen LogP contribution < -0.4 is 0 Å². The van der Waals surface area contributed by atoms with E-state index in [1.807, 2.05) is 6.26 Å². The zero-order valence-corrected chi connectivity index (χ0v) is 13.5. The number of carbonyl (C=O) groups is 3. The van der Waals surface area contributed by atoms with E-state index < -0.39 is 17.8 Å². The van der Waals surface area contributed by atoms with E-state index in [1.54, 1.807) is 24.3 Å². The standard InChI is InChI=1S/C16H10ClNO4S/c1-23-9-6-7-12(13(17)8-9)16(21)22-18-14(19)10-4-2-3-5-11(10)15(18)20/h2-8H,1H3. The van der Waals surface area contributed by atoms with Gasteiger partial charge in [-0.25, -0.2) is 4.79 Å². The van der Waals surface area contributed by atoms with Crippen molar-refractivity contribution in [1.82, 2.24) is 5.06 Å². The fourth-order valence-corrected chi connectivity index (χ4v) is 2.93. The molecule has 1 aliphatic heterocycles. The number of hydrogen-bond acceptors (Lipinski definition) is 5. The molecule has 0 fully saturated rings. The second-order valence-electron chi connectivity index (χ2n) is 4.67. The fraction of sp³-hybridized carbons (Fsp3) is 0.0625. The van der Waals surface area contributed by atoms with Crippen molar-refractivity contribution in [3.63, 3.8) is 0 Å². The van der Waals surface area contributed by atoms with Crippen LogP contribution in [0, 0.1) is 0 Å². The Hall–Kier alpha value is -2.31. The maximum Gasteiger partial charge on any atom is 0.365 e. The smallest absolute Gasteiger partial charge is 0.324 e. The number of hydroxylamine groups is 2. The molecular weight excluding hydrogens is 338 g/mol. The maximum absolute atomic E-state index is 12.2. The number of hydrogen-bond donors (Lipinski definition) is 0. The van der Waals surface area contributed by atoms with E-state index in [-0.39, 0.29) is 21.7 Å². The van der Waals surface area contributed by atoms with Gasteiger partial charge in [0.05, 0.1) is 21.7 Å². The Bertz CT molecular complexity index is 802. The maximum atomic E-state index is 12.2. The van der Waals surface area contributed by atoms with Crippen molar-refractivity contribution < 1.29 is 19.2 Å². The summed E-state index contributed by atoms with van der Waals surface area (Å²) in [5.41, 5.74) is 0.490. The zero-order valence-electron chi connectivity index (χ0n) is 11.9. The van der Waals surface area contributed by atoms with Gasteiger partial charge in [0.2, 0.25) is 0 Å². The number of amides is 2. The zero-order chi connectivity index (χ0) is 16.6. The van der Waals surface area contributed by atoms with E-state index in [0.717, 1.165) is 4.90 Å². The molecule has 0 saturated carbocycles. The van der Waals surface area contributed by atoms with Crippen LogP contribution in [0.5, 0.6) is 0 Å². The molecule has 0 radical (unpaired) electrons. The number of carbonyl (C=O) groups excluding carboxylic acids is 3. The summed E-state index contributed by atoms with van der Waals surface area (Å²) in [4.78, 5) is 42.4. The molecule has 7 heteroatoms. The number of halogens is 1. The molecule has 0 unspecified atom stereocenters. The molecule has 1 heterocycles. The van der Waals surface area contributed by atoms with E-state index in [4.69, 9.17) is 16.4 Å². The predicted octanol–water partition coefficient (Wildman–Crippen LogP) is 3.43. The van der Waals surface area contributed by atoms with Gasteiger partial charge in [-0.15, -0.1) is 11.8 Å². The third-order valence-corrected chi connectivity index (χ3v) is 4.37. The number of fused-ring (bicyclic) bond motifs is 1. The lowest BCUT2D eigenvalue weighted by Crippen LogP contribution is -2.32. The van der Waals surface area contributed by atoms with Gasteiger partial charge in [0, 0.05) is 4.90 Å². The first-order valence-corrected chi connectivity index (χ1v) is 8.17. The van der Waals surface area contributed by atoms with Crippen LogP contribution in [0.1, 0.15) is 31.1 Å². The quantitative estimate of drug-likeness (QED) is 0.628. The lowest BCUT2D eigenvalue weighted by Gasteiger charge is -2.13. The van der Waals surface area contributed by atoms with Crippen molar-refractivity contribution in [2.24, 2.45) is 0 Å². The van der Waals surface area contributed by atoms with E-state index >= 15 is 0 Å². The molecule has 2 aromatic rings. The van der Waals surface area contributed by atoms with Crippen LogP contribution in [0.2, 0.25) is 5.02 Å². The van der Waals surface area contributed by atoms with Gasteiger partial charge in [-0.05, 0) is 36.6 Å². The first-order chi connectivity index (χ1) is 11.0. The van der Waals surface area contributed by atoms with Crippen LogP contribution in [-0.4, -0.2) is 29.1 Å². The minimum atomic E-state index is -0.864. The number of nitrogens with zero attached hydrogens (tertiary/aromatic N) is 1. The fourth-order valence-electron chi connectivity index (χ4n) is 2.17. The first-order valence-electron chi connectivity index (χ1n) is 6.56. The normalized spacial score (nSPS) is 13.2. The van der Waals surface area contributed by atoms with Gasteiger partial charge in [0.25, 0.3) is 11.8 Å². The minimum absolute atomic E-state index is 0.0843. The number of thioether (sulfide) groups is 1. The molecule has 0 atom stereocenters. The van der Waals surface area contributed by atoms with Crippen molar-refractivity contribution in [3.8, 4) is 0 Å². The van der Waals surface area contributed by atoms with Gasteiger partial charge in [0.15, 0.2) is 0 Å². The Morgan fingerprint density at radius 2 is 1.70 bits per heavy atom. The highest BCUT2D eigenvalue weighted by Crippen LogP contribution is 2.26. The molecule has 23 heavy (non-hydrogen) atoms. The molecule has 0 saturated heterocycles. The predicted molar refractivity (Wildman–Crippen MR) is 85.6 cm³/mol. The Balaban J connectivity index is 1.85. The van der Waals surface area contributed by atoms with Gasteiger partial charge in [-0.1, -0.05) is 28.8 Å². The Labute approximate surface area is 141 Å². The van der Waals surface area contributed by atoms with E-state index in [9.17, 15) is 14.4 Å². The summed E-state index contributed by atoms with van der Waals surface area (Å²) in [5, 5.41) is 0.657. The molecule has 0 aliphatic carbocycles. The summed E-state index contributed by atoms with van der Waals surface area (Å²) < 4.78 is 0. The Morgan fingerprint density at radius 1 is 1.09 bits per heavy atom.